The van der Waals surface area contributed by atoms with Crippen molar-refractivity contribution in [2.75, 3.05) is 0 Å². The van der Waals surface area contributed by atoms with Crippen LogP contribution in [-0.4, -0.2) is 74.9 Å². The molecule has 0 aliphatic heterocycles. The number of carboxylic acid groups (broad SMARTS) is 4. The normalized spacial score (nSPS) is 18.1. The van der Waals surface area contributed by atoms with Gasteiger partial charge < -0.3 is 51.1 Å². The fraction of sp³-hybridized carbons (Fsp3) is 0.652. The predicted molar refractivity (Wildman–Crippen MR) is 220 cm³/mol. The van der Waals surface area contributed by atoms with Crippen molar-refractivity contribution >= 4 is 23.9 Å². The van der Waals surface area contributed by atoms with Crippen LogP contribution < -0.4 is 0 Å². The van der Waals surface area contributed by atoms with E-state index in [-0.39, 0.29) is 34.5 Å². The number of phenolic OH excluding ortho intramolecular Hbond substituents is 6. The van der Waals surface area contributed by atoms with E-state index in [1.807, 2.05) is 0 Å². The topological polar surface area (TPSA) is 271 Å². The van der Waals surface area contributed by atoms with Crippen molar-refractivity contribution in [2.45, 2.75) is 167 Å². The molecule has 2 aromatic carbocycles. The summed E-state index contributed by atoms with van der Waals surface area (Å²) in [7, 11) is 0. The van der Waals surface area contributed by atoms with Crippen LogP contribution >= 0.6 is 0 Å². The molecule has 10 N–H and O–H groups in total. The molecule has 0 unspecified atom stereocenters. The van der Waals surface area contributed by atoms with Gasteiger partial charge in [-0.2, -0.15) is 0 Å². The number of benzene rings is 2. The van der Waals surface area contributed by atoms with E-state index in [0.717, 1.165) is 70.6 Å². The standard InChI is InChI=1S/2C23H32O7/c24-17-14-15(6-3-5-9-23(12-13-23)21(29)30)18(25)19(26)16(17)7-2-1-4-8-22(10-11-22)20(27)28;24-17-14-15(6-2-1-4-8-22(10-11-22)20(27)28)18(25)19(26)16(17)7-3-5-9-23(12-13-23)21(29)30/h2*14,24-26H,1-13H2,(H,27,28)(H,29,30). The number of aromatic hydroxyl groups is 6. The minimum Gasteiger partial charge on any atom is -0.508 e. The van der Waals surface area contributed by atoms with E-state index in [9.17, 15) is 70.2 Å². The first-order valence-corrected chi connectivity index (χ1v) is 21.9. The smallest absolute Gasteiger partial charge is 0.309 e. The van der Waals surface area contributed by atoms with Crippen LogP contribution in [0.15, 0.2) is 12.1 Å². The molecule has 0 saturated heterocycles. The van der Waals surface area contributed by atoms with E-state index in [1.54, 1.807) is 0 Å². The van der Waals surface area contributed by atoms with Gasteiger partial charge in [-0.05, 0) is 141 Å². The third kappa shape index (κ3) is 11.3. The lowest BCUT2D eigenvalue weighted by atomic mass is 9.94. The summed E-state index contributed by atoms with van der Waals surface area (Å²) in [6, 6.07) is 2.97. The first-order chi connectivity index (χ1) is 28.4. The molecule has 4 saturated carbocycles. The second-order valence-corrected chi connectivity index (χ2v) is 18.3. The van der Waals surface area contributed by atoms with Gasteiger partial charge in [-0.25, -0.2) is 0 Å². The first-order valence-electron chi connectivity index (χ1n) is 21.9. The molecule has 0 atom stereocenters. The number of aryl methyl sites for hydroxylation is 2. The van der Waals surface area contributed by atoms with Gasteiger partial charge in [-0.1, -0.05) is 38.5 Å². The predicted octanol–water partition coefficient (Wildman–Crippen LogP) is 8.70. The maximum atomic E-state index is 11.2. The fourth-order valence-corrected chi connectivity index (χ4v) is 8.68. The molecule has 0 aromatic heterocycles. The Morgan fingerprint density at radius 3 is 0.900 bits per heavy atom. The van der Waals surface area contributed by atoms with Crippen molar-refractivity contribution < 1.29 is 70.2 Å². The Kier molecular flexibility index (Phi) is 14.8. The minimum atomic E-state index is -0.745. The lowest BCUT2D eigenvalue weighted by Gasteiger charge is -2.14. The highest BCUT2D eigenvalue weighted by Crippen LogP contribution is 2.53. The van der Waals surface area contributed by atoms with Gasteiger partial charge in [0.15, 0.2) is 23.0 Å². The molecule has 4 aliphatic rings. The van der Waals surface area contributed by atoms with E-state index >= 15 is 0 Å². The van der Waals surface area contributed by atoms with E-state index in [0.29, 0.717) is 119 Å². The molecule has 332 valence electrons. The summed E-state index contributed by atoms with van der Waals surface area (Å²) in [5, 5.41) is 98.7. The number of hydrogen-bond donors (Lipinski definition) is 10. The number of carboxylic acids is 4. The molecule has 0 bridgehead atoms. The maximum absolute atomic E-state index is 11.2. The number of carbonyl (C=O) groups is 4. The van der Waals surface area contributed by atoms with Gasteiger partial charge in [-0.3, -0.25) is 19.2 Å². The molecule has 0 radical (unpaired) electrons. The van der Waals surface area contributed by atoms with Gasteiger partial charge in [0.25, 0.3) is 0 Å². The van der Waals surface area contributed by atoms with Gasteiger partial charge in [0.05, 0.1) is 21.7 Å². The zero-order valence-corrected chi connectivity index (χ0v) is 34.6. The molecule has 14 heteroatoms. The summed E-state index contributed by atoms with van der Waals surface area (Å²) in [5.41, 5.74) is -0.592. The van der Waals surface area contributed by atoms with Crippen LogP contribution in [0, 0.1) is 21.7 Å². The Balaban J connectivity index is 0.000000228. The van der Waals surface area contributed by atoms with Crippen molar-refractivity contribution in [2.24, 2.45) is 21.7 Å². The number of aliphatic carboxylic acids is 4. The highest BCUT2D eigenvalue weighted by atomic mass is 16.4. The maximum Gasteiger partial charge on any atom is 0.309 e. The lowest BCUT2D eigenvalue weighted by Crippen LogP contribution is -2.14. The van der Waals surface area contributed by atoms with Crippen molar-refractivity contribution in [3.05, 3.63) is 34.4 Å². The Morgan fingerprint density at radius 2 is 0.617 bits per heavy atom. The van der Waals surface area contributed by atoms with Crippen LogP contribution in [0.4, 0.5) is 0 Å². The molecule has 0 heterocycles. The summed E-state index contributed by atoms with van der Waals surface area (Å²) in [5.74, 6) is -4.02. The van der Waals surface area contributed by atoms with Crippen LogP contribution in [0.2, 0.25) is 0 Å². The quantitative estimate of drug-likeness (QED) is 0.0241. The minimum absolute atomic E-state index is 0.0475. The Bertz CT molecular complexity index is 1880. The number of hydrogen-bond acceptors (Lipinski definition) is 10. The van der Waals surface area contributed by atoms with Gasteiger partial charge in [0.2, 0.25) is 0 Å². The van der Waals surface area contributed by atoms with E-state index in [2.05, 4.69) is 0 Å². The zero-order chi connectivity index (χ0) is 43.9. The fourth-order valence-electron chi connectivity index (χ4n) is 8.68. The van der Waals surface area contributed by atoms with Crippen molar-refractivity contribution in [1.82, 2.24) is 0 Å². The van der Waals surface area contributed by atoms with E-state index < -0.39 is 45.5 Å². The molecule has 6 rings (SSSR count). The van der Waals surface area contributed by atoms with Crippen LogP contribution in [0.3, 0.4) is 0 Å². The van der Waals surface area contributed by atoms with E-state index in [4.69, 9.17) is 0 Å². The Morgan fingerprint density at radius 1 is 0.367 bits per heavy atom. The third-order valence-electron chi connectivity index (χ3n) is 14.0. The summed E-state index contributed by atoms with van der Waals surface area (Å²) in [6.07, 6.45) is 17.5. The van der Waals surface area contributed by atoms with Crippen LogP contribution in [0.1, 0.15) is 164 Å². The molecule has 60 heavy (non-hydrogen) atoms. The van der Waals surface area contributed by atoms with Gasteiger partial charge in [0.1, 0.15) is 11.5 Å². The third-order valence-corrected chi connectivity index (χ3v) is 14.0. The van der Waals surface area contributed by atoms with Crippen molar-refractivity contribution in [3.63, 3.8) is 0 Å². The Hall–Kier alpha value is -4.88. The summed E-state index contributed by atoms with van der Waals surface area (Å²) in [4.78, 5) is 44.8. The summed E-state index contributed by atoms with van der Waals surface area (Å²) in [6.45, 7) is 0. The van der Waals surface area contributed by atoms with Crippen molar-refractivity contribution in [3.8, 4) is 34.5 Å². The second-order valence-electron chi connectivity index (χ2n) is 18.3. The molecule has 0 amide bonds. The second kappa shape index (κ2) is 19.2. The number of unbranched alkanes of at least 4 members (excludes halogenated alkanes) is 6. The molecule has 4 fully saturated rings. The monoisotopic (exact) mass is 840 g/mol. The molecule has 0 spiro atoms. The highest BCUT2D eigenvalue weighted by Gasteiger charge is 2.51. The van der Waals surface area contributed by atoms with E-state index in [1.165, 1.54) is 12.1 Å². The molecular weight excluding hydrogens is 776 g/mol. The highest BCUT2D eigenvalue weighted by molar-refractivity contribution is 5.79. The molecule has 14 nitrogen and oxygen atoms in total. The van der Waals surface area contributed by atoms with Crippen molar-refractivity contribution in [1.29, 1.82) is 0 Å². The molecule has 4 aliphatic carbocycles. The summed E-state index contributed by atoms with van der Waals surface area (Å²) >= 11 is 0. The van der Waals surface area contributed by atoms with Crippen LogP contribution in [-0.2, 0) is 44.9 Å². The summed E-state index contributed by atoms with van der Waals surface area (Å²) < 4.78 is 0. The number of phenols is 6. The Labute approximate surface area is 350 Å². The first kappa shape index (κ1) is 46.2. The largest absolute Gasteiger partial charge is 0.508 e. The molecule has 2 aromatic rings. The average Bonchev–Trinajstić information content (AvgIpc) is 4.01. The molecular formula is C46H64O14. The van der Waals surface area contributed by atoms with Crippen LogP contribution in [0.5, 0.6) is 34.5 Å². The van der Waals surface area contributed by atoms with Gasteiger partial charge >= 0.3 is 23.9 Å². The van der Waals surface area contributed by atoms with Gasteiger partial charge in [-0.15, -0.1) is 0 Å². The SMILES string of the molecule is O=C(O)C1(CCCCCc2c(O)cc(CCCCC3(C(=O)O)CC3)c(O)c2O)CC1.O=C(O)C1(CCCCCc2cc(O)c(CCCCC3(C(=O)O)CC3)c(O)c2O)CC1. The van der Waals surface area contributed by atoms with Gasteiger partial charge in [0, 0.05) is 22.3 Å². The lowest BCUT2D eigenvalue weighted by molar-refractivity contribution is -0.144. The zero-order valence-electron chi connectivity index (χ0n) is 34.6. The average molecular weight is 841 g/mol. The number of rotatable bonds is 26. The van der Waals surface area contributed by atoms with Crippen LogP contribution in [0.25, 0.3) is 0 Å².